The van der Waals surface area contributed by atoms with E-state index < -0.39 is 18.1 Å². The minimum absolute atomic E-state index is 0. The van der Waals surface area contributed by atoms with Gasteiger partial charge in [0, 0.05) is 11.3 Å². The average Bonchev–Trinajstić information content (AvgIpc) is 2.86. The minimum Gasteiger partial charge on any atom is -0.494 e. The standard InChI is InChI=1S/C27H30N2O5.ClH/c1-2-32-27(31)26(34-24-17-13-22(28)14-18-24)29-25(30)21-11-15-23(16-12-21)33-19-7-6-10-20-8-4-3-5-9-20;/h3-5,8-9,11-18,26H,2,6-7,10,19,28H2,1H3,(H,29,30);1H. The number of anilines is 1. The molecule has 3 aromatic carbocycles. The molecule has 0 heterocycles. The number of nitrogens with one attached hydrogen (secondary N) is 1. The van der Waals surface area contributed by atoms with Gasteiger partial charge in [-0.2, -0.15) is 0 Å². The lowest BCUT2D eigenvalue weighted by molar-refractivity contribution is -0.152. The molecular formula is C27H31ClN2O5. The molecule has 0 fully saturated rings. The van der Waals surface area contributed by atoms with Crippen LogP contribution in [0.4, 0.5) is 5.69 Å². The number of carbonyl (C=O) groups is 2. The highest BCUT2D eigenvalue weighted by Gasteiger charge is 2.24. The molecule has 0 bridgehead atoms. The summed E-state index contributed by atoms with van der Waals surface area (Å²) in [7, 11) is 0. The summed E-state index contributed by atoms with van der Waals surface area (Å²) in [5.74, 6) is -0.106. The molecule has 35 heavy (non-hydrogen) atoms. The summed E-state index contributed by atoms with van der Waals surface area (Å²) < 4.78 is 16.4. The van der Waals surface area contributed by atoms with Gasteiger partial charge < -0.3 is 25.3 Å². The number of hydrogen-bond donors (Lipinski definition) is 2. The molecule has 0 spiro atoms. The molecule has 0 aliphatic rings. The number of esters is 1. The predicted octanol–water partition coefficient (Wildman–Crippen LogP) is 4.79. The van der Waals surface area contributed by atoms with Crippen LogP contribution in [0, 0.1) is 0 Å². The highest BCUT2D eigenvalue weighted by Crippen LogP contribution is 2.16. The van der Waals surface area contributed by atoms with Crippen molar-refractivity contribution in [2.45, 2.75) is 32.4 Å². The number of carbonyl (C=O) groups excluding carboxylic acids is 2. The van der Waals surface area contributed by atoms with Crippen molar-refractivity contribution in [3.63, 3.8) is 0 Å². The Morgan fingerprint density at radius 3 is 2.20 bits per heavy atom. The van der Waals surface area contributed by atoms with Crippen LogP contribution in [0.1, 0.15) is 35.7 Å². The van der Waals surface area contributed by atoms with Gasteiger partial charge in [-0.25, -0.2) is 4.79 Å². The maximum Gasteiger partial charge on any atom is 0.369 e. The molecule has 0 aliphatic heterocycles. The van der Waals surface area contributed by atoms with Crippen LogP contribution in [0.15, 0.2) is 78.9 Å². The maximum absolute atomic E-state index is 12.7. The number of halogens is 1. The number of amides is 1. The van der Waals surface area contributed by atoms with Crippen molar-refractivity contribution in [3.8, 4) is 11.5 Å². The van der Waals surface area contributed by atoms with Crippen molar-refractivity contribution in [1.29, 1.82) is 0 Å². The van der Waals surface area contributed by atoms with Crippen LogP contribution in [-0.2, 0) is 16.0 Å². The van der Waals surface area contributed by atoms with Crippen LogP contribution >= 0.6 is 12.4 Å². The van der Waals surface area contributed by atoms with Crippen molar-refractivity contribution >= 4 is 30.0 Å². The van der Waals surface area contributed by atoms with Crippen LogP contribution in [0.2, 0.25) is 0 Å². The van der Waals surface area contributed by atoms with Gasteiger partial charge >= 0.3 is 5.97 Å². The fourth-order valence-electron chi connectivity index (χ4n) is 3.21. The second-order valence-electron chi connectivity index (χ2n) is 7.61. The minimum atomic E-state index is -1.29. The summed E-state index contributed by atoms with van der Waals surface area (Å²) in [5, 5.41) is 2.57. The Bertz CT molecular complexity index is 1040. The lowest BCUT2D eigenvalue weighted by Crippen LogP contribution is -2.46. The molecule has 0 radical (unpaired) electrons. The van der Waals surface area contributed by atoms with Crippen molar-refractivity contribution < 1.29 is 23.8 Å². The van der Waals surface area contributed by atoms with Gasteiger partial charge in [0.15, 0.2) is 0 Å². The second-order valence-corrected chi connectivity index (χ2v) is 7.61. The highest BCUT2D eigenvalue weighted by molar-refractivity contribution is 5.96. The number of nitrogens with two attached hydrogens (primary N) is 1. The van der Waals surface area contributed by atoms with Crippen molar-refractivity contribution in [2.24, 2.45) is 0 Å². The number of unbranched alkanes of at least 4 members (excludes halogenated alkanes) is 1. The molecule has 1 atom stereocenters. The fraction of sp³-hybridized carbons (Fsp3) is 0.259. The van der Waals surface area contributed by atoms with E-state index in [0.29, 0.717) is 29.4 Å². The molecule has 3 aromatic rings. The molecule has 3 rings (SSSR count). The maximum atomic E-state index is 12.7. The molecule has 0 aliphatic carbocycles. The third-order valence-corrected chi connectivity index (χ3v) is 4.98. The largest absolute Gasteiger partial charge is 0.494 e. The Morgan fingerprint density at radius 2 is 1.54 bits per heavy atom. The molecule has 3 N–H and O–H groups in total. The van der Waals surface area contributed by atoms with Gasteiger partial charge in [0.25, 0.3) is 12.1 Å². The van der Waals surface area contributed by atoms with Gasteiger partial charge in [0.1, 0.15) is 11.5 Å². The van der Waals surface area contributed by atoms with Gasteiger partial charge in [-0.05, 0) is 80.3 Å². The fourth-order valence-corrected chi connectivity index (χ4v) is 3.21. The third kappa shape index (κ3) is 9.22. The molecule has 7 nitrogen and oxygen atoms in total. The van der Waals surface area contributed by atoms with E-state index in [1.165, 1.54) is 5.56 Å². The molecule has 1 amide bonds. The first-order chi connectivity index (χ1) is 16.5. The molecule has 1 unspecified atom stereocenters. The zero-order chi connectivity index (χ0) is 24.2. The smallest absolute Gasteiger partial charge is 0.369 e. The summed E-state index contributed by atoms with van der Waals surface area (Å²) in [6.45, 7) is 2.44. The Labute approximate surface area is 212 Å². The number of ether oxygens (including phenoxy) is 3. The monoisotopic (exact) mass is 498 g/mol. The molecule has 0 saturated carbocycles. The quantitative estimate of drug-likeness (QED) is 0.161. The van der Waals surface area contributed by atoms with Crippen LogP contribution < -0.4 is 20.5 Å². The number of hydrogen-bond acceptors (Lipinski definition) is 6. The van der Waals surface area contributed by atoms with E-state index in [4.69, 9.17) is 19.9 Å². The topological polar surface area (TPSA) is 99.9 Å². The number of rotatable bonds is 12. The van der Waals surface area contributed by atoms with E-state index in [1.807, 2.05) is 18.2 Å². The molecule has 0 aromatic heterocycles. The van der Waals surface area contributed by atoms with E-state index in [9.17, 15) is 9.59 Å². The summed E-state index contributed by atoms with van der Waals surface area (Å²) in [5.41, 5.74) is 7.92. The third-order valence-electron chi connectivity index (χ3n) is 4.98. The molecule has 186 valence electrons. The van der Waals surface area contributed by atoms with Crippen LogP contribution in [0.3, 0.4) is 0 Å². The van der Waals surface area contributed by atoms with Crippen molar-refractivity contribution in [1.82, 2.24) is 5.32 Å². The van der Waals surface area contributed by atoms with Gasteiger partial charge in [-0.15, -0.1) is 12.4 Å². The highest BCUT2D eigenvalue weighted by atomic mass is 35.5. The second kappa shape index (κ2) is 14.5. The number of aryl methyl sites for hydroxylation is 1. The molecule has 0 saturated heterocycles. The normalized spacial score (nSPS) is 11.0. The summed E-state index contributed by atoms with van der Waals surface area (Å²) >= 11 is 0. The average molecular weight is 499 g/mol. The first-order valence-electron chi connectivity index (χ1n) is 11.3. The molecule has 8 heteroatoms. The first-order valence-corrected chi connectivity index (χ1v) is 11.3. The van der Waals surface area contributed by atoms with E-state index in [2.05, 4.69) is 17.4 Å². The summed E-state index contributed by atoms with van der Waals surface area (Å²) in [4.78, 5) is 25.0. The number of benzene rings is 3. The summed E-state index contributed by atoms with van der Waals surface area (Å²) in [6.07, 6.45) is 1.69. The zero-order valence-electron chi connectivity index (χ0n) is 19.6. The lowest BCUT2D eigenvalue weighted by Gasteiger charge is -2.19. The van der Waals surface area contributed by atoms with Crippen molar-refractivity contribution in [2.75, 3.05) is 18.9 Å². The first kappa shape index (κ1) is 27.5. The van der Waals surface area contributed by atoms with E-state index in [-0.39, 0.29) is 19.0 Å². The van der Waals surface area contributed by atoms with E-state index in [1.54, 1.807) is 55.5 Å². The number of nitrogen functional groups attached to an aromatic ring is 1. The lowest BCUT2D eigenvalue weighted by atomic mass is 10.1. The molecular weight excluding hydrogens is 468 g/mol. The van der Waals surface area contributed by atoms with Gasteiger partial charge in [-0.1, -0.05) is 30.3 Å². The Morgan fingerprint density at radius 1 is 0.886 bits per heavy atom. The van der Waals surface area contributed by atoms with Crippen LogP contribution in [0.25, 0.3) is 0 Å². The Hall–Kier alpha value is -3.71. The Kier molecular flexibility index (Phi) is 11.4. The van der Waals surface area contributed by atoms with E-state index in [0.717, 1.165) is 19.3 Å². The van der Waals surface area contributed by atoms with Crippen LogP contribution in [-0.4, -0.2) is 31.3 Å². The van der Waals surface area contributed by atoms with Gasteiger partial charge in [-0.3, -0.25) is 4.79 Å². The van der Waals surface area contributed by atoms with Crippen LogP contribution in [0.5, 0.6) is 11.5 Å². The van der Waals surface area contributed by atoms with Gasteiger partial charge in [0.2, 0.25) is 0 Å². The van der Waals surface area contributed by atoms with E-state index >= 15 is 0 Å². The zero-order valence-corrected chi connectivity index (χ0v) is 20.5. The Balaban J connectivity index is 0.00000432. The predicted molar refractivity (Wildman–Crippen MR) is 138 cm³/mol. The summed E-state index contributed by atoms with van der Waals surface area (Å²) in [6, 6.07) is 23.6. The van der Waals surface area contributed by atoms with Crippen molar-refractivity contribution in [3.05, 3.63) is 90.0 Å². The van der Waals surface area contributed by atoms with Gasteiger partial charge in [0.05, 0.1) is 13.2 Å². The SMILES string of the molecule is CCOC(=O)C(NC(=O)c1ccc(OCCCCc2ccccc2)cc1)Oc1ccc(N)cc1.Cl.